The number of halogens is 2. The monoisotopic (exact) mass is 364 g/mol. The minimum atomic E-state index is -4.23. The van der Waals surface area contributed by atoms with Gasteiger partial charge in [-0.3, -0.25) is 4.79 Å². The Morgan fingerprint density at radius 3 is 2.10 bits per heavy atom. The molecule has 0 aromatic carbocycles. The quantitative estimate of drug-likeness (QED) is 0.390. The number of carbonyl (C=O) groups excluding carboxylic acids is 1. The Balaban J connectivity index is 0.00000220. The van der Waals surface area contributed by atoms with Crippen molar-refractivity contribution in [3.8, 4) is 0 Å². The third-order valence-corrected chi connectivity index (χ3v) is 6.76. The molecule has 0 heterocycles. The van der Waals surface area contributed by atoms with Gasteiger partial charge in [0.2, 0.25) is 0 Å². The van der Waals surface area contributed by atoms with Gasteiger partial charge in [-0.15, -0.1) is 23.2 Å². The Morgan fingerprint density at radius 1 is 1.00 bits per heavy atom. The van der Waals surface area contributed by atoms with Crippen molar-refractivity contribution in [1.29, 1.82) is 0 Å². The Morgan fingerprint density at radius 2 is 1.57 bits per heavy atom. The second-order valence-electron chi connectivity index (χ2n) is 5.90. The molecule has 0 bridgehead atoms. The number of hydrogen-bond donors (Lipinski definition) is 0. The van der Waals surface area contributed by atoms with Crippen LogP contribution in [-0.4, -0.2) is 34.8 Å². The number of alkyl halides is 2. The molecule has 21 heavy (non-hydrogen) atoms. The molecule has 116 valence electrons. The molecular formula is C13H19Cl2NaO4S. The molecule has 0 aliphatic heterocycles. The standard InChI is InChI=1S/C13H20Cl2O4S.Na/c14-9-3-6-12(15)11(7-9)13(16)8-1-4-10(5-2-8)20(17,18)19;/h8-12H,1-7H2,(H,17,18,19);/q;+1/p-1. The Hall–Kier alpha value is 1.16. The molecule has 0 radical (unpaired) electrons. The Labute approximate surface area is 158 Å². The van der Waals surface area contributed by atoms with Crippen molar-refractivity contribution in [2.75, 3.05) is 0 Å². The minimum Gasteiger partial charge on any atom is -0.748 e. The molecular weight excluding hydrogens is 346 g/mol. The van der Waals surface area contributed by atoms with Gasteiger partial charge in [-0.05, 0) is 44.9 Å². The summed E-state index contributed by atoms with van der Waals surface area (Å²) >= 11 is 12.3. The summed E-state index contributed by atoms with van der Waals surface area (Å²) in [4.78, 5) is 12.5. The predicted molar refractivity (Wildman–Crippen MR) is 77.1 cm³/mol. The van der Waals surface area contributed by atoms with Crippen LogP contribution in [0.1, 0.15) is 44.9 Å². The summed E-state index contributed by atoms with van der Waals surface area (Å²) in [6.45, 7) is 0. The van der Waals surface area contributed by atoms with Crippen molar-refractivity contribution in [2.45, 2.75) is 60.9 Å². The van der Waals surface area contributed by atoms with E-state index in [0.29, 0.717) is 19.3 Å². The molecule has 0 aromatic heterocycles. The van der Waals surface area contributed by atoms with Crippen molar-refractivity contribution < 1.29 is 47.3 Å². The first kappa shape index (κ1) is 20.2. The molecule has 0 spiro atoms. The summed E-state index contributed by atoms with van der Waals surface area (Å²) < 4.78 is 32.9. The second-order valence-corrected chi connectivity index (χ2v) is 8.73. The zero-order valence-corrected chi connectivity index (χ0v) is 16.5. The van der Waals surface area contributed by atoms with E-state index in [-0.39, 0.29) is 70.8 Å². The molecule has 3 atom stereocenters. The van der Waals surface area contributed by atoms with Crippen LogP contribution in [0.4, 0.5) is 0 Å². The van der Waals surface area contributed by atoms with Crippen LogP contribution in [0.3, 0.4) is 0 Å². The van der Waals surface area contributed by atoms with E-state index in [1.165, 1.54) is 0 Å². The molecule has 3 unspecified atom stereocenters. The molecule has 2 aliphatic carbocycles. The van der Waals surface area contributed by atoms with Gasteiger partial charge in [0.25, 0.3) is 0 Å². The maximum absolute atomic E-state index is 12.5. The van der Waals surface area contributed by atoms with E-state index in [9.17, 15) is 17.8 Å². The van der Waals surface area contributed by atoms with Crippen molar-refractivity contribution in [3.05, 3.63) is 0 Å². The van der Waals surface area contributed by atoms with Crippen LogP contribution in [0.15, 0.2) is 0 Å². The predicted octanol–water partition coefficient (Wildman–Crippen LogP) is -0.322. The van der Waals surface area contributed by atoms with Crippen molar-refractivity contribution in [1.82, 2.24) is 0 Å². The number of hydrogen-bond acceptors (Lipinski definition) is 4. The smallest absolute Gasteiger partial charge is 0.748 e. The van der Waals surface area contributed by atoms with E-state index in [4.69, 9.17) is 23.2 Å². The van der Waals surface area contributed by atoms with Crippen LogP contribution in [-0.2, 0) is 14.9 Å². The van der Waals surface area contributed by atoms with Crippen molar-refractivity contribution in [3.63, 3.8) is 0 Å². The Bertz CT molecular complexity index is 463. The third kappa shape index (κ3) is 5.33. The fourth-order valence-corrected chi connectivity index (χ4v) is 4.84. The normalized spacial score (nSPS) is 37.6. The van der Waals surface area contributed by atoms with E-state index in [0.717, 1.165) is 12.8 Å². The second kappa shape index (κ2) is 8.32. The van der Waals surface area contributed by atoms with Gasteiger partial charge in [0.1, 0.15) is 5.78 Å². The van der Waals surface area contributed by atoms with Gasteiger partial charge in [-0.1, -0.05) is 0 Å². The molecule has 4 nitrogen and oxygen atoms in total. The Kier molecular flexibility index (Phi) is 8.00. The fraction of sp³-hybridized carbons (Fsp3) is 0.923. The first-order valence-electron chi connectivity index (χ1n) is 7.05. The van der Waals surface area contributed by atoms with Crippen LogP contribution >= 0.6 is 23.2 Å². The van der Waals surface area contributed by atoms with Gasteiger partial charge in [0.15, 0.2) is 0 Å². The number of ketones is 1. The van der Waals surface area contributed by atoms with E-state index < -0.39 is 15.4 Å². The van der Waals surface area contributed by atoms with Crippen LogP contribution in [0.2, 0.25) is 0 Å². The molecule has 2 aliphatic rings. The average Bonchev–Trinajstić information content (AvgIpc) is 2.40. The number of rotatable bonds is 3. The maximum atomic E-state index is 12.5. The van der Waals surface area contributed by atoms with Gasteiger partial charge < -0.3 is 4.55 Å². The molecule has 8 heteroatoms. The third-order valence-electron chi connectivity index (χ3n) is 4.55. The largest absolute Gasteiger partial charge is 1.00 e. The SMILES string of the molecule is O=C(C1CCC(S(=O)(=O)[O-])CC1)C1CC(Cl)CCC1Cl.[Na+]. The molecule has 0 N–H and O–H groups in total. The number of carbonyl (C=O) groups is 1. The van der Waals surface area contributed by atoms with Gasteiger partial charge >= 0.3 is 29.6 Å². The van der Waals surface area contributed by atoms with Gasteiger partial charge in [0, 0.05) is 27.8 Å². The summed E-state index contributed by atoms with van der Waals surface area (Å²) in [6.07, 6.45) is 3.69. The van der Waals surface area contributed by atoms with E-state index in [1.54, 1.807) is 0 Å². The zero-order chi connectivity index (χ0) is 14.9. The van der Waals surface area contributed by atoms with Gasteiger partial charge in [-0.25, -0.2) is 8.42 Å². The first-order valence-corrected chi connectivity index (χ1v) is 9.40. The summed E-state index contributed by atoms with van der Waals surface area (Å²) in [5, 5.41) is -0.999. The molecule has 2 fully saturated rings. The van der Waals surface area contributed by atoms with Crippen LogP contribution < -0.4 is 29.6 Å². The summed E-state index contributed by atoms with van der Waals surface area (Å²) in [5.41, 5.74) is 0. The van der Waals surface area contributed by atoms with E-state index in [1.807, 2.05) is 0 Å². The van der Waals surface area contributed by atoms with E-state index >= 15 is 0 Å². The van der Waals surface area contributed by atoms with Crippen LogP contribution in [0.5, 0.6) is 0 Å². The summed E-state index contributed by atoms with van der Waals surface area (Å²) in [5.74, 6) is -0.281. The van der Waals surface area contributed by atoms with Crippen molar-refractivity contribution in [2.24, 2.45) is 11.8 Å². The van der Waals surface area contributed by atoms with E-state index in [2.05, 4.69) is 0 Å². The fourth-order valence-electron chi connectivity index (χ4n) is 3.32. The maximum Gasteiger partial charge on any atom is 1.00 e. The van der Waals surface area contributed by atoms with Gasteiger partial charge in [0.05, 0.1) is 10.1 Å². The molecule has 2 rings (SSSR count). The first-order chi connectivity index (χ1) is 9.29. The molecule has 0 aromatic rings. The zero-order valence-electron chi connectivity index (χ0n) is 12.1. The molecule has 2 saturated carbocycles. The summed E-state index contributed by atoms with van der Waals surface area (Å²) in [6, 6.07) is 0. The summed E-state index contributed by atoms with van der Waals surface area (Å²) in [7, 11) is -4.23. The average molecular weight is 365 g/mol. The molecule has 0 amide bonds. The molecule has 0 saturated heterocycles. The van der Waals surface area contributed by atoms with Crippen LogP contribution in [0.25, 0.3) is 0 Å². The number of Topliss-reactive ketones (excluding diaryl/α,β-unsaturated/α-hetero) is 1. The van der Waals surface area contributed by atoms with Gasteiger partial charge in [-0.2, -0.15) is 0 Å². The minimum absolute atomic E-state index is 0. The topological polar surface area (TPSA) is 74.3 Å². The van der Waals surface area contributed by atoms with Crippen molar-refractivity contribution >= 4 is 39.1 Å². The van der Waals surface area contributed by atoms with Crippen LogP contribution in [0, 0.1) is 11.8 Å².